The SMILES string of the molecule is COc1cc(N(C)CCN(C)C)c([N+](=O)[O-])cc1Nc1nccc(-c2c3n(c4ccccc24)CCN(C)C3=O)n1. The molecule has 1 aliphatic rings. The zero-order valence-electron chi connectivity index (χ0n) is 23.2. The van der Waals surface area contributed by atoms with Gasteiger partial charge in [0.15, 0.2) is 0 Å². The van der Waals surface area contributed by atoms with Gasteiger partial charge in [0.25, 0.3) is 11.6 Å². The second-order valence-electron chi connectivity index (χ2n) is 10.0. The third-order valence-electron chi connectivity index (χ3n) is 7.12. The third kappa shape index (κ3) is 4.89. The molecule has 0 unspecified atom stereocenters. The molecule has 0 aliphatic carbocycles. The minimum atomic E-state index is -0.412. The Morgan fingerprint density at radius 2 is 1.90 bits per heavy atom. The van der Waals surface area contributed by atoms with E-state index in [4.69, 9.17) is 9.72 Å². The fourth-order valence-corrected chi connectivity index (χ4v) is 4.97. The largest absolute Gasteiger partial charge is 0.494 e. The van der Waals surface area contributed by atoms with Crippen molar-refractivity contribution >= 4 is 39.8 Å². The van der Waals surface area contributed by atoms with E-state index in [-0.39, 0.29) is 17.5 Å². The molecule has 0 saturated heterocycles. The molecule has 2 aromatic heterocycles. The number of hydrogen-bond acceptors (Lipinski definition) is 9. The first-order chi connectivity index (χ1) is 19.2. The quantitative estimate of drug-likeness (QED) is 0.247. The van der Waals surface area contributed by atoms with Crippen LogP contribution < -0.4 is 15.0 Å². The number of benzene rings is 2. The normalized spacial score (nSPS) is 13.1. The maximum absolute atomic E-state index is 13.3. The van der Waals surface area contributed by atoms with E-state index in [1.165, 1.54) is 13.2 Å². The van der Waals surface area contributed by atoms with Crippen LogP contribution >= 0.6 is 0 Å². The van der Waals surface area contributed by atoms with Gasteiger partial charge in [-0.05, 0) is 26.2 Å². The third-order valence-corrected chi connectivity index (χ3v) is 7.12. The number of ether oxygens (including phenoxy) is 1. The van der Waals surface area contributed by atoms with Gasteiger partial charge in [0.05, 0.1) is 23.4 Å². The Morgan fingerprint density at radius 3 is 2.62 bits per heavy atom. The van der Waals surface area contributed by atoms with E-state index in [1.807, 2.05) is 59.8 Å². The second kappa shape index (κ2) is 10.8. The Balaban J connectivity index is 1.56. The molecule has 0 atom stereocenters. The second-order valence-corrected chi connectivity index (χ2v) is 10.0. The molecule has 0 saturated carbocycles. The lowest BCUT2D eigenvalue weighted by atomic mass is 10.1. The smallest absolute Gasteiger partial charge is 0.294 e. The molecule has 5 rings (SSSR count). The van der Waals surface area contributed by atoms with Crippen LogP contribution in [-0.2, 0) is 6.54 Å². The van der Waals surface area contributed by atoms with Gasteiger partial charge >= 0.3 is 0 Å². The molecule has 208 valence electrons. The topological polar surface area (TPSA) is 122 Å². The van der Waals surface area contributed by atoms with Crippen molar-refractivity contribution in [2.24, 2.45) is 0 Å². The van der Waals surface area contributed by atoms with Crippen LogP contribution in [0.4, 0.5) is 23.0 Å². The number of carbonyl (C=O) groups is 1. The van der Waals surface area contributed by atoms with E-state index >= 15 is 0 Å². The highest BCUT2D eigenvalue weighted by Gasteiger charge is 2.30. The summed E-state index contributed by atoms with van der Waals surface area (Å²) in [5.74, 6) is 0.561. The molecular weight excluding hydrogens is 512 g/mol. The summed E-state index contributed by atoms with van der Waals surface area (Å²) < 4.78 is 7.64. The van der Waals surface area contributed by atoms with Gasteiger partial charge in [0, 0.05) is 75.1 Å². The first-order valence-electron chi connectivity index (χ1n) is 12.9. The summed E-state index contributed by atoms with van der Waals surface area (Å²) in [6.45, 7) is 2.63. The van der Waals surface area contributed by atoms with Crippen molar-refractivity contribution in [2.45, 2.75) is 6.54 Å². The van der Waals surface area contributed by atoms with Crippen molar-refractivity contribution in [3.63, 3.8) is 0 Å². The highest BCUT2D eigenvalue weighted by Crippen LogP contribution is 2.40. The lowest BCUT2D eigenvalue weighted by molar-refractivity contribution is -0.384. The van der Waals surface area contributed by atoms with Gasteiger partial charge < -0.3 is 29.3 Å². The van der Waals surface area contributed by atoms with E-state index in [9.17, 15) is 14.9 Å². The zero-order valence-corrected chi connectivity index (χ0v) is 23.2. The summed E-state index contributed by atoms with van der Waals surface area (Å²) >= 11 is 0. The number of fused-ring (bicyclic) bond motifs is 3. The number of methoxy groups -OCH3 is 1. The Morgan fingerprint density at radius 1 is 1.12 bits per heavy atom. The molecule has 0 radical (unpaired) electrons. The van der Waals surface area contributed by atoms with Crippen LogP contribution in [-0.4, -0.2) is 90.1 Å². The van der Waals surface area contributed by atoms with E-state index in [2.05, 4.69) is 10.3 Å². The minimum absolute atomic E-state index is 0.0677. The number of likely N-dealkylation sites (N-methyl/N-ethyl adjacent to an activating group) is 3. The summed E-state index contributed by atoms with van der Waals surface area (Å²) in [5, 5.41) is 16.1. The van der Waals surface area contributed by atoms with Crippen LogP contribution in [0.2, 0.25) is 0 Å². The number of para-hydroxylation sites is 1. The van der Waals surface area contributed by atoms with Gasteiger partial charge in [-0.2, -0.15) is 0 Å². The number of nitro groups is 1. The number of aromatic nitrogens is 3. The predicted octanol–water partition coefficient (Wildman–Crippen LogP) is 3.84. The molecule has 2 aromatic carbocycles. The molecule has 0 bridgehead atoms. The Hall–Kier alpha value is -4.71. The van der Waals surface area contributed by atoms with Crippen molar-refractivity contribution in [3.05, 3.63) is 64.5 Å². The van der Waals surface area contributed by atoms with E-state index in [0.29, 0.717) is 48.1 Å². The number of hydrogen-bond donors (Lipinski definition) is 1. The van der Waals surface area contributed by atoms with Crippen molar-refractivity contribution < 1.29 is 14.5 Å². The molecule has 3 heterocycles. The number of carbonyl (C=O) groups excluding carboxylic acids is 1. The fourth-order valence-electron chi connectivity index (χ4n) is 4.97. The monoisotopic (exact) mass is 544 g/mol. The van der Waals surface area contributed by atoms with E-state index in [1.54, 1.807) is 30.3 Å². The van der Waals surface area contributed by atoms with Gasteiger partial charge in [0.2, 0.25) is 5.95 Å². The molecule has 40 heavy (non-hydrogen) atoms. The zero-order chi connectivity index (χ0) is 28.6. The summed E-state index contributed by atoms with van der Waals surface area (Å²) in [7, 11) is 9.01. The highest BCUT2D eigenvalue weighted by atomic mass is 16.6. The first kappa shape index (κ1) is 26.9. The molecule has 12 nitrogen and oxygen atoms in total. The first-order valence-corrected chi connectivity index (χ1v) is 12.9. The van der Waals surface area contributed by atoms with Crippen LogP contribution in [0.5, 0.6) is 5.75 Å². The van der Waals surface area contributed by atoms with Crippen molar-refractivity contribution in [1.82, 2.24) is 24.3 Å². The van der Waals surface area contributed by atoms with Crippen molar-refractivity contribution in [2.75, 3.05) is 65.2 Å². The molecule has 1 N–H and O–H groups in total. The number of nitrogens with one attached hydrogen (secondary N) is 1. The maximum Gasteiger partial charge on any atom is 0.294 e. The summed E-state index contributed by atoms with van der Waals surface area (Å²) in [4.78, 5) is 39.5. The number of nitro benzene ring substituents is 1. The Labute approximate surface area is 231 Å². The van der Waals surface area contributed by atoms with E-state index < -0.39 is 4.92 Å². The van der Waals surface area contributed by atoms with Crippen molar-refractivity contribution in [1.29, 1.82) is 0 Å². The molecule has 4 aromatic rings. The van der Waals surface area contributed by atoms with Crippen LogP contribution in [0.15, 0.2) is 48.7 Å². The predicted molar refractivity (Wildman–Crippen MR) is 155 cm³/mol. The summed E-state index contributed by atoms with van der Waals surface area (Å²) in [6, 6.07) is 12.7. The highest BCUT2D eigenvalue weighted by molar-refractivity contribution is 6.10. The molecular formula is C28H32N8O4. The number of rotatable bonds is 9. The molecule has 1 amide bonds. The average Bonchev–Trinajstić information content (AvgIpc) is 3.28. The Kier molecular flexibility index (Phi) is 7.26. The standard InChI is InChI=1S/C28H32N8O4/c1-32(2)12-13-33(3)22-17-24(40-5)20(16-23(22)36(38)39)31-28-29-11-10-19(30-28)25-18-8-6-7-9-21(18)35-15-14-34(4)27(37)26(25)35/h6-11,16-17H,12-15H2,1-5H3,(H,29,30,31). The minimum Gasteiger partial charge on any atom is -0.494 e. The van der Waals surface area contributed by atoms with Gasteiger partial charge in [-0.15, -0.1) is 0 Å². The number of anilines is 3. The molecule has 0 fully saturated rings. The molecule has 1 aliphatic heterocycles. The molecule has 0 spiro atoms. The van der Waals surface area contributed by atoms with Gasteiger partial charge in [-0.25, -0.2) is 9.97 Å². The maximum atomic E-state index is 13.3. The summed E-state index contributed by atoms with van der Waals surface area (Å²) in [5.41, 5.74) is 3.58. The average molecular weight is 545 g/mol. The Bertz CT molecular complexity index is 1600. The van der Waals surface area contributed by atoms with Gasteiger partial charge in [-0.1, -0.05) is 18.2 Å². The lowest BCUT2D eigenvalue weighted by Gasteiger charge is -2.25. The van der Waals surface area contributed by atoms with Crippen LogP contribution in [0, 0.1) is 10.1 Å². The van der Waals surface area contributed by atoms with Crippen LogP contribution in [0.1, 0.15) is 10.5 Å². The lowest BCUT2D eigenvalue weighted by Crippen LogP contribution is -2.37. The van der Waals surface area contributed by atoms with Gasteiger partial charge in [-0.3, -0.25) is 14.9 Å². The van der Waals surface area contributed by atoms with Crippen LogP contribution in [0.25, 0.3) is 22.2 Å². The summed E-state index contributed by atoms with van der Waals surface area (Å²) in [6.07, 6.45) is 1.60. The number of nitrogens with zero attached hydrogens (tertiary/aromatic N) is 7. The van der Waals surface area contributed by atoms with Crippen LogP contribution in [0.3, 0.4) is 0 Å². The van der Waals surface area contributed by atoms with E-state index in [0.717, 1.165) is 23.0 Å². The fraction of sp³-hybridized carbons (Fsp3) is 0.321. The van der Waals surface area contributed by atoms with Gasteiger partial charge in [0.1, 0.15) is 17.1 Å². The molecule has 12 heteroatoms. The number of amides is 1. The van der Waals surface area contributed by atoms with Crippen molar-refractivity contribution in [3.8, 4) is 17.0 Å².